The molecule has 5 nitrogen and oxygen atoms in total. The Kier molecular flexibility index (Phi) is 6.55. The molecular weight excluding hydrogens is 188 g/mol. The third-order valence-electron chi connectivity index (χ3n) is 1.09. The molecule has 0 radical (unpaired) electrons. The van der Waals surface area contributed by atoms with Gasteiger partial charge in [0.1, 0.15) is 6.42 Å². The maximum Gasteiger partial charge on any atom is 0.252 e. The van der Waals surface area contributed by atoms with Gasteiger partial charge in [-0.2, -0.15) is 5.26 Å². The van der Waals surface area contributed by atoms with Crippen molar-refractivity contribution in [2.45, 2.75) is 19.8 Å². The van der Waals surface area contributed by atoms with Crippen molar-refractivity contribution in [1.82, 2.24) is 16.2 Å². The second kappa shape index (κ2) is 7.31. The Hall–Kier alpha value is -1.35. The summed E-state index contributed by atoms with van der Waals surface area (Å²) in [5.74, 6) is -0.400. The summed E-state index contributed by atoms with van der Waals surface area (Å²) in [7, 11) is 0. The number of thiocarbonyl (C=S) groups is 1. The maximum atomic E-state index is 10.7. The summed E-state index contributed by atoms with van der Waals surface area (Å²) in [4.78, 5) is 10.7. The van der Waals surface area contributed by atoms with Gasteiger partial charge in [0.05, 0.1) is 6.07 Å². The van der Waals surface area contributed by atoms with Gasteiger partial charge in [-0.15, -0.1) is 0 Å². The highest BCUT2D eigenvalue weighted by molar-refractivity contribution is 7.80. The Morgan fingerprint density at radius 1 is 1.54 bits per heavy atom. The van der Waals surface area contributed by atoms with E-state index in [2.05, 4.69) is 16.2 Å². The fourth-order valence-electron chi connectivity index (χ4n) is 0.525. The lowest BCUT2D eigenvalue weighted by atomic mass is 10.5. The molecule has 3 N–H and O–H groups in total. The van der Waals surface area contributed by atoms with Crippen LogP contribution in [0.25, 0.3) is 0 Å². The van der Waals surface area contributed by atoms with Crippen molar-refractivity contribution in [3.05, 3.63) is 0 Å². The molecule has 0 aromatic heterocycles. The topological polar surface area (TPSA) is 76.9 Å². The second-order valence-electron chi connectivity index (χ2n) is 2.26. The van der Waals surface area contributed by atoms with E-state index in [0.717, 1.165) is 13.0 Å². The molecule has 0 atom stereocenters. The van der Waals surface area contributed by atoms with Gasteiger partial charge in [0.2, 0.25) is 0 Å². The molecule has 0 unspecified atom stereocenters. The van der Waals surface area contributed by atoms with Gasteiger partial charge in [-0.3, -0.25) is 15.6 Å². The number of nitriles is 1. The summed E-state index contributed by atoms with van der Waals surface area (Å²) in [6.45, 7) is 2.75. The second-order valence-corrected chi connectivity index (χ2v) is 2.67. The predicted octanol–water partition coefficient (Wildman–Crippen LogP) is -0.195. The van der Waals surface area contributed by atoms with Crippen LogP contribution in [0.3, 0.4) is 0 Å². The van der Waals surface area contributed by atoms with Gasteiger partial charge in [-0.25, -0.2) is 0 Å². The van der Waals surface area contributed by atoms with E-state index in [-0.39, 0.29) is 6.42 Å². The Bertz CT molecular complexity index is 223. The quantitative estimate of drug-likeness (QED) is 0.434. The Morgan fingerprint density at radius 3 is 2.77 bits per heavy atom. The van der Waals surface area contributed by atoms with Gasteiger partial charge in [-0.05, 0) is 18.6 Å². The van der Waals surface area contributed by atoms with Crippen LogP contribution in [0.4, 0.5) is 0 Å². The van der Waals surface area contributed by atoms with Gasteiger partial charge < -0.3 is 5.32 Å². The van der Waals surface area contributed by atoms with E-state index in [9.17, 15) is 4.79 Å². The van der Waals surface area contributed by atoms with Crippen molar-refractivity contribution >= 4 is 23.2 Å². The van der Waals surface area contributed by atoms with Gasteiger partial charge in [0.15, 0.2) is 5.11 Å². The lowest BCUT2D eigenvalue weighted by Crippen LogP contribution is -2.46. The molecule has 0 spiro atoms. The molecule has 0 aliphatic heterocycles. The highest BCUT2D eigenvalue weighted by Crippen LogP contribution is 1.73. The Labute approximate surface area is 82.5 Å². The van der Waals surface area contributed by atoms with Crippen LogP contribution in [0, 0.1) is 11.3 Å². The minimum atomic E-state index is -0.400. The molecular formula is C7H12N4OS. The van der Waals surface area contributed by atoms with E-state index in [1.54, 1.807) is 6.07 Å². The van der Waals surface area contributed by atoms with Crippen molar-refractivity contribution in [2.24, 2.45) is 0 Å². The number of hydrogen-bond acceptors (Lipinski definition) is 3. The van der Waals surface area contributed by atoms with Crippen molar-refractivity contribution in [3.8, 4) is 6.07 Å². The van der Waals surface area contributed by atoms with Gasteiger partial charge in [0.25, 0.3) is 5.91 Å². The summed E-state index contributed by atoms with van der Waals surface area (Å²) < 4.78 is 0. The standard InChI is InChI=1S/C7H12N4OS/c1-2-5-9-7(13)11-10-6(12)3-4-8/h2-3,5H2,1H3,(H,10,12)(H2,9,11,13). The van der Waals surface area contributed by atoms with Crippen molar-refractivity contribution in [1.29, 1.82) is 5.26 Å². The molecule has 0 fully saturated rings. The Morgan fingerprint density at radius 2 is 2.23 bits per heavy atom. The van der Waals surface area contributed by atoms with Crippen molar-refractivity contribution in [2.75, 3.05) is 6.54 Å². The maximum absolute atomic E-state index is 10.7. The van der Waals surface area contributed by atoms with E-state index >= 15 is 0 Å². The molecule has 72 valence electrons. The molecule has 0 saturated carbocycles. The molecule has 0 bridgehead atoms. The van der Waals surface area contributed by atoms with E-state index in [1.165, 1.54) is 0 Å². The summed E-state index contributed by atoms with van der Waals surface area (Å²) >= 11 is 4.80. The lowest BCUT2D eigenvalue weighted by Gasteiger charge is -2.09. The zero-order chi connectivity index (χ0) is 10.1. The van der Waals surface area contributed by atoms with Crippen LogP contribution in [-0.2, 0) is 4.79 Å². The van der Waals surface area contributed by atoms with Gasteiger partial charge >= 0.3 is 0 Å². The number of carbonyl (C=O) groups is 1. The zero-order valence-electron chi connectivity index (χ0n) is 7.39. The van der Waals surface area contributed by atoms with E-state index < -0.39 is 5.91 Å². The van der Waals surface area contributed by atoms with Crippen LogP contribution in [0.2, 0.25) is 0 Å². The number of nitrogens with one attached hydrogen (secondary N) is 3. The zero-order valence-corrected chi connectivity index (χ0v) is 8.20. The first-order chi connectivity index (χ1) is 6.20. The molecule has 0 heterocycles. The smallest absolute Gasteiger partial charge is 0.252 e. The fourth-order valence-corrected chi connectivity index (χ4v) is 0.678. The minimum Gasteiger partial charge on any atom is -0.361 e. The van der Waals surface area contributed by atoms with E-state index in [4.69, 9.17) is 17.5 Å². The monoisotopic (exact) mass is 200 g/mol. The summed E-state index contributed by atoms with van der Waals surface area (Å²) in [6.07, 6.45) is 0.775. The molecule has 0 aliphatic rings. The molecule has 0 aromatic carbocycles. The van der Waals surface area contributed by atoms with E-state index in [1.807, 2.05) is 6.92 Å². The predicted molar refractivity (Wildman–Crippen MR) is 52.4 cm³/mol. The summed E-state index contributed by atoms with van der Waals surface area (Å²) in [5, 5.41) is 11.4. The molecule has 0 rings (SSSR count). The summed E-state index contributed by atoms with van der Waals surface area (Å²) in [6, 6.07) is 1.72. The number of nitrogens with zero attached hydrogens (tertiary/aromatic N) is 1. The Balaban J connectivity index is 3.47. The average Bonchev–Trinajstić information content (AvgIpc) is 2.12. The summed E-state index contributed by atoms with van der Waals surface area (Å²) in [5.41, 5.74) is 4.75. The first kappa shape index (κ1) is 11.6. The van der Waals surface area contributed by atoms with Crippen LogP contribution in [0.1, 0.15) is 19.8 Å². The molecule has 6 heteroatoms. The van der Waals surface area contributed by atoms with Crippen molar-refractivity contribution in [3.63, 3.8) is 0 Å². The number of amides is 1. The largest absolute Gasteiger partial charge is 0.361 e. The highest BCUT2D eigenvalue weighted by atomic mass is 32.1. The SMILES string of the molecule is CCCNC(=S)NNC(=O)CC#N. The fraction of sp³-hybridized carbons (Fsp3) is 0.571. The highest BCUT2D eigenvalue weighted by Gasteiger charge is 1.98. The lowest BCUT2D eigenvalue weighted by molar-refractivity contribution is -0.120. The minimum absolute atomic E-state index is 0.177. The van der Waals surface area contributed by atoms with Crippen LogP contribution in [0.5, 0.6) is 0 Å². The number of hydrazine groups is 1. The van der Waals surface area contributed by atoms with Crippen LogP contribution in [-0.4, -0.2) is 17.6 Å². The average molecular weight is 200 g/mol. The number of carbonyl (C=O) groups excluding carboxylic acids is 1. The van der Waals surface area contributed by atoms with Crippen LogP contribution < -0.4 is 16.2 Å². The molecule has 0 saturated heterocycles. The number of rotatable bonds is 3. The van der Waals surface area contributed by atoms with Crippen LogP contribution in [0.15, 0.2) is 0 Å². The molecule has 13 heavy (non-hydrogen) atoms. The van der Waals surface area contributed by atoms with Crippen molar-refractivity contribution < 1.29 is 4.79 Å². The third kappa shape index (κ3) is 7.03. The van der Waals surface area contributed by atoms with Gasteiger partial charge in [0, 0.05) is 6.54 Å². The first-order valence-electron chi connectivity index (χ1n) is 3.90. The molecule has 0 aliphatic carbocycles. The first-order valence-corrected chi connectivity index (χ1v) is 4.31. The molecule has 1 amide bonds. The molecule has 0 aromatic rings. The number of hydrogen-bond donors (Lipinski definition) is 3. The normalized spacial score (nSPS) is 8.31. The van der Waals surface area contributed by atoms with Gasteiger partial charge in [-0.1, -0.05) is 6.92 Å². The third-order valence-corrected chi connectivity index (χ3v) is 1.34. The van der Waals surface area contributed by atoms with Crippen LogP contribution >= 0.6 is 12.2 Å². The van der Waals surface area contributed by atoms with E-state index in [0.29, 0.717) is 5.11 Å².